The van der Waals surface area contributed by atoms with E-state index in [1.165, 1.54) is 12.7 Å². The average molecular weight is 268 g/mol. The molecule has 0 aromatic heterocycles. The number of esters is 1. The van der Waals surface area contributed by atoms with Gasteiger partial charge in [-0.2, -0.15) is 0 Å². The third-order valence-electron chi connectivity index (χ3n) is 3.38. The fraction of sp³-hybridized carbons (Fsp3) is 0.500. The number of methoxy groups -OCH3 is 1. The SMILES string of the molecule is COC(=O)c1ccc(CC[C@@H]2NCC[C@@H]2Cl)cc1. The van der Waals surface area contributed by atoms with Crippen molar-refractivity contribution in [2.75, 3.05) is 13.7 Å². The van der Waals surface area contributed by atoms with Gasteiger partial charge in [-0.3, -0.25) is 0 Å². The molecule has 1 fully saturated rings. The average Bonchev–Trinajstić information content (AvgIpc) is 2.81. The van der Waals surface area contributed by atoms with Crippen LogP contribution in [0.3, 0.4) is 0 Å². The van der Waals surface area contributed by atoms with E-state index in [4.69, 9.17) is 11.6 Å². The van der Waals surface area contributed by atoms with Crippen LogP contribution in [-0.2, 0) is 11.2 Å². The molecule has 1 saturated heterocycles. The van der Waals surface area contributed by atoms with E-state index >= 15 is 0 Å². The Morgan fingerprint density at radius 2 is 2.17 bits per heavy atom. The van der Waals surface area contributed by atoms with Gasteiger partial charge in [0.25, 0.3) is 0 Å². The predicted molar refractivity (Wildman–Crippen MR) is 72.2 cm³/mol. The number of carbonyl (C=O) groups excluding carboxylic acids is 1. The van der Waals surface area contributed by atoms with Crippen molar-refractivity contribution in [2.45, 2.75) is 30.7 Å². The molecule has 0 saturated carbocycles. The second-order valence-electron chi connectivity index (χ2n) is 4.59. The molecule has 1 aromatic carbocycles. The largest absolute Gasteiger partial charge is 0.465 e. The number of benzene rings is 1. The number of ether oxygens (including phenoxy) is 1. The normalized spacial score (nSPS) is 23.0. The molecule has 0 bridgehead atoms. The lowest BCUT2D eigenvalue weighted by Gasteiger charge is -2.13. The fourth-order valence-electron chi connectivity index (χ4n) is 2.27. The molecule has 0 aliphatic carbocycles. The van der Waals surface area contributed by atoms with Crippen molar-refractivity contribution in [3.8, 4) is 0 Å². The van der Waals surface area contributed by atoms with Crippen molar-refractivity contribution in [1.82, 2.24) is 5.32 Å². The van der Waals surface area contributed by atoms with Crippen LogP contribution in [0.1, 0.15) is 28.8 Å². The number of rotatable bonds is 4. The second-order valence-corrected chi connectivity index (χ2v) is 5.15. The van der Waals surface area contributed by atoms with Gasteiger partial charge in [-0.1, -0.05) is 12.1 Å². The molecule has 1 aliphatic heterocycles. The van der Waals surface area contributed by atoms with E-state index in [1.54, 1.807) is 12.1 Å². The van der Waals surface area contributed by atoms with Crippen LogP contribution >= 0.6 is 11.6 Å². The summed E-state index contributed by atoms with van der Waals surface area (Å²) in [6, 6.07) is 7.98. The summed E-state index contributed by atoms with van der Waals surface area (Å²) in [6.45, 7) is 1.01. The fourth-order valence-corrected chi connectivity index (χ4v) is 2.59. The zero-order valence-electron chi connectivity index (χ0n) is 10.5. The molecule has 2 rings (SSSR count). The summed E-state index contributed by atoms with van der Waals surface area (Å²) in [7, 11) is 1.39. The minimum absolute atomic E-state index is 0.249. The van der Waals surface area contributed by atoms with Crippen LogP contribution in [0.5, 0.6) is 0 Å². The van der Waals surface area contributed by atoms with Gasteiger partial charge >= 0.3 is 5.97 Å². The van der Waals surface area contributed by atoms with Gasteiger partial charge in [-0.15, -0.1) is 11.6 Å². The van der Waals surface area contributed by atoms with Crippen LogP contribution in [-0.4, -0.2) is 31.0 Å². The van der Waals surface area contributed by atoms with Gasteiger partial charge in [0.1, 0.15) is 0 Å². The third kappa shape index (κ3) is 3.24. The maximum atomic E-state index is 11.3. The first-order valence-electron chi connectivity index (χ1n) is 6.25. The number of hydrogen-bond donors (Lipinski definition) is 1. The highest BCUT2D eigenvalue weighted by atomic mass is 35.5. The smallest absolute Gasteiger partial charge is 0.337 e. The topological polar surface area (TPSA) is 38.3 Å². The molecule has 0 unspecified atom stereocenters. The molecule has 0 radical (unpaired) electrons. The lowest BCUT2D eigenvalue weighted by atomic mass is 10.0. The second kappa shape index (κ2) is 6.21. The molecule has 0 amide bonds. The summed E-state index contributed by atoms with van der Waals surface area (Å²) in [5.74, 6) is -0.292. The van der Waals surface area contributed by atoms with E-state index in [1.807, 2.05) is 12.1 Å². The summed E-state index contributed by atoms with van der Waals surface area (Å²) in [4.78, 5) is 11.3. The first-order valence-corrected chi connectivity index (χ1v) is 6.69. The highest BCUT2D eigenvalue weighted by molar-refractivity contribution is 6.21. The summed E-state index contributed by atoms with van der Waals surface area (Å²) in [5, 5.41) is 3.66. The van der Waals surface area contributed by atoms with Crippen LogP contribution < -0.4 is 5.32 Å². The molecule has 1 aliphatic rings. The third-order valence-corrected chi connectivity index (χ3v) is 3.90. The van der Waals surface area contributed by atoms with E-state index in [0.717, 1.165) is 25.8 Å². The first-order chi connectivity index (χ1) is 8.70. The number of carbonyl (C=O) groups is 1. The zero-order chi connectivity index (χ0) is 13.0. The summed E-state index contributed by atoms with van der Waals surface area (Å²) in [5.41, 5.74) is 1.82. The molecular weight excluding hydrogens is 250 g/mol. The quantitative estimate of drug-likeness (QED) is 0.672. The molecule has 98 valence electrons. The highest BCUT2D eigenvalue weighted by Gasteiger charge is 2.23. The van der Waals surface area contributed by atoms with Crippen LogP contribution in [0, 0.1) is 0 Å². The number of alkyl halides is 1. The van der Waals surface area contributed by atoms with Crippen molar-refractivity contribution < 1.29 is 9.53 Å². The van der Waals surface area contributed by atoms with Crippen molar-refractivity contribution >= 4 is 17.6 Å². The molecule has 0 spiro atoms. The van der Waals surface area contributed by atoms with Crippen molar-refractivity contribution in [3.05, 3.63) is 35.4 Å². The minimum atomic E-state index is -0.292. The summed E-state index contributed by atoms with van der Waals surface area (Å²) < 4.78 is 4.67. The monoisotopic (exact) mass is 267 g/mol. The Balaban J connectivity index is 1.88. The van der Waals surface area contributed by atoms with Crippen LogP contribution in [0.25, 0.3) is 0 Å². The summed E-state index contributed by atoms with van der Waals surface area (Å²) in [6.07, 6.45) is 3.06. The number of aryl methyl sites for hydroxylation is 1. The Morgan fingerprint density at radius 3 is 2.72 bits per heavy atom. The van der Waals surface area contributed by atoms with Gasteiger partial charge in [0.15, 0.2) is 0 Å². The molecule has 3 nitrogen and oxygen atoms in total. The molecule has 18 heavy (non-hydrogen) atoms. The van der Waals surface area contributed by atoms with Gasteiger partial charge in [0, 0.05) is 6.04 Å². The first kappa shape index (κ1) is 13.4. The highest BCUT2D eigenvalue weighted by Crippen LogP contribution is 2.18. The number of halogens is 1. The molecule has 2 atom stereocenters. The molecule has 1 heterocycles. The molecule has 1 aromatic rings. The van der Waals surface area contributed by atoms with Gasteiger partial charge < -0.3 is 10.1 Å². The number of nitrogens with one attached hydrogen (secondary N) is 1. The van der Waals surface area contributed by atoms with Crippen molar-refractivity contribution in [3.63, 3.8) is 0 Å². The minimum Gasteiger partial charge on any atom is -0.465 e. The number of hydrogen-bond acceptors (Lipinski definition) is 3. The van der Waals surface area contributed by atoms with Gasteiger partial charge in [-0.05, 0) is 43.5 Å². The van der Waals surface area contributed by atoms with Gasteiger partial charge in [0.05, 0.1) is 18.1 Å². The maximum absolute atomic E-state index is 11.3. The Kier molecular flexibility index (Phi) is 4.61. The van der Waals surface area contributed by atoms with Crippen LogP contribution in [0.4, 0.5) is 0 Å². The molecular formula is C14H18ClNO2. The van der Waals surface area contributed by atoms with E-state index in [2.05, 4.69) is 10.1 Å². The van der Waals surface area contributed by atoms with Crippen LogP contribution in [0.15, 0.2) is 24.3 Å². The van der Waals surface area contributed by atoms with E-state index < -0.39 is 0 Å². The van der Waals surface area contributed by atoms with Gasteiger partial charge in [-0.25, -0.2) is 4.79 Å². The Labute approximate surface area is 112 Å². The Hall–Kier alpha value is -1.06. The van der Waals surface area contributed by atoms with E-state index in [-0.39, 0.29) is 11.3 Å². The van der Waals surface area contributed by atoms with Gasteiger partial charge in [0.2, 0.25) is 0 Å². The maximum Gasteiger partial charge on any atom is 0.337 e. The lowest BCUT2D eigenvalue weighted by Crippen LogP contribution is -2.27. The van der Waals surface area contributed by atoms with E-state index in [9.17, 15) is 4.79 Å². The Morgan fingerprint density at radius 1 is 1.44 bits per heavy atom. The summed E-state index contributed by atoms with van der Waals surface area (Å²) >= 11 is 6.21. The van der Waals surface area contributed by atoms with Crippen LogP contribution in [0.2, 0.25) is 0 Å². The zero-order valence-corrected chi connectivity index (χ0v) is 11.2. The molecule has 4 heteroatoms. The van der Waals surface area contributed by atoms with Crippen molar-refractivity contribution in [2.24, 2.45) is 0 Å². The molecule has 1 N–H and O–H groups in total. The predicted octanol–water partition coefficient (Wildman–Crippen LogP) is 2.38. The Bertz CT molecular complexity index is 405. The standard InChI is InChI=1S/C14H18ClNO2/c1-18-14(17)11-5-2-10(3-6-11)4-7-13-12(15)8-9-16-13/h2-3,5-6,12-13,16H,4,7-9H2,1H3/t12-,13-/m0/s1. The lowest BCUT2D eigenvalue weighted by molar-refractivity contribution is 0.0600. The van der Waals surface area contributed by atoms with Crippen molar-refractivity contribution in [1.29, 1.82) is 0 Å². The van der Waals surface area contributed by atoms with E-state index in [0.29, 0.717) is 11.6 Å².